The molecule has 0 spiro atoms. The first-order valence-corrected chi connectivity index (χ1v) is 7.48. The van der Waals surface area contributed by atoms with Crippen molar-refractivity contribution in [1.82, 2.24) is 15.5 Å². The number of halogens is 1. The molecule has 1 aliphatic heterocycles. The number of nitrogens with zero attached hydrogens (tertiary/aromatic N) is 1. The highest BCUT2D eigenvalue weighted by Gasteiger charge is 2.15. The lowest BCUT2D eigenvalue weighted by atomic mass is 9.98. The van der Waals surface area contributed by atoms with Crippen molar-refractivity contribution in [3.05, 3.63) is 0 Å². The first-order chi connectivity index (χ1) is 8.77. The van der Waals surface area contributed by atoms with Crippen LogP contribution >= 0.6 is 12.4 Å². The minimum atomic E-state index is 0. The Labute approximate surface area is 124 Å². The highest BCUT2D eigenvalue weighted by Crippen LogP contribution is 2.12. The molecule has 0 radical (unpaired) electrons. The van der Waals surface area contributed by atoms with Gasteiger partial charge in [-0.25, -0.2) is 0 Å². The standard InChI is InChI=1S/C14H29N3O.ClH/c1-3-5-6-13(4-2)14(18)16-9-12-17-10-7-15-8-11-17;/h13,15H,3-12H2,1-2H3,(H,16,18);1H. The van der Waals surface area contributed by atoms with E-state index in [9.17, 15) is 4.79 Å². The normalized spacial score (nSPS) is 17.6. The molecule has 5 heteroatoms. The maximum atomic E-state index is 12.0. The zero-order valence-electron chi connectivity index (χ0n) is 12.4. The van der Waals surface area contributed by atoms with Gasteiger partial charge >= 0.3 is 0 Å². The third-order valence-corrected chi connectivity index (χ3v) is 3.71. The van der Waals surface area contributed by atoms with Gasteiger partial charge in [0.15, 0.2) is 0 Å². The highest BCUT2D eigenvalue weighted by atomic mass is 35.5. The lowest BCUT2D eigenvalue weighted by Crippen LogP contribution is -2.46. The second kappa shape index (κ2) is 11.5. The summed E-state index contributed by atoms with van der Waals surface area (Å²) < 4.78 is 0. The van der Waals surface area contributed by atoms with Gasteiger partial charge in [-0.3, -0.25) is 9.69 Å². The van der Waals surface area contributed by atoms with Crippen LogP contribution in [0.25, 0.3) is 0 Å². The van der Waals surface area contributed by atoms with E-state index in [1.54, 1.807) is 0 Å². The Hall–Kier alpha value is -0.320. The number of hydrogen-bond donors (Lipinski definition) is 2. The monoisotopic (exact) mass is 291 g/mol. The molecular weight excluding hydrogens is 262 g/mol. The van der Waals surface area contributed by atoms with Gasteiger partial charge in [0.25, 0.3) is 0 Å². The van der Waals surface area contributed by atoms with Crippen LogP contribution in [0.15, 0.2) is 0 Å². The molecule has 0 aromatic carbocycles. The van der Waals surface area contributed by atoms with Crippen LogP contribution in [-0.2, 0) is 4.79 Å². The molecule has 4 nitrogen and oxygen atoms in total. The van der Waals surface area contributed by atoms with E-state index in [0.29, 0.717) is 0 Å². The average Bonchev–Trinajstić information content (AvgIpc) is 2.41. The average molecular weight is 292 g/mol. The Morgan fingerprint density at radius 3 is 2.58 bits per heavy atom. The van der Waals surface area contributed by atoms with E-state index < -0.39 is 0 Å². The van der Waals surface area contributed by atoms with Gasteiger partial charge in [0, 0.05) is 45.2 Å². The molecule has 2 N–H and O–H groups in total. The number of amides is 1. The predicted octanol–water partition coefficient (Wildman–Crippen LogP) is 1.65. The zero-order chi connectivity index (χ0) is 13.2. The minimum Gasteiger partial charge on any atom is -0.355 e. The Bertz CT molecular complexity index is 233. The van der Waals surface area contributed by atoms with E-state index in [-0.39, 0.29) is 24.2 Å². The van der Waals surface area contributed by atoms with Crippen LogP contribution in [0.5, 0.6) is 0 Å². The third-order valence-electron chi connectivity index (χ3n) is 3.71. The van der Waals surface area contributed by atoms with Gasteiger partial charge in [0.2, 0.25) is 5.91 Å². The van der Waals surface area contributed by atoms with Gasteiger partial charge in [0.05, 0.1) is 0 Å². The summed E-state index contributed by atoms with van der Waals surface area (Å²) in [7, 11) is 0. The molecule has 0 aromatic heterocycles. The fourth-order valence-electron chi connectivity index (χ4n) is 2.39. The molecule has 0 aromatic rings. The zero-order valence-corrected chi connectivity index (χ0v) is 13.2. The van der Waals surface area contributed by atoms with Crippen LogP contribution in [0, 0.1) is 5.92 Å². The van der Waals surface area contributed by atoms with Crippen molar-refractivity contribution >= 4 is 18.3 Å². The van der Waals surface area contributed by atoms with Gasteiger partial charge in [0.1, 0.15) is 0 Å². The fraction of sp³-hybridized carbons (Fsp3) is 0.929. The van der Waals surface area contributed by atoms with Gasteiger partial charge < -0.3 is 10.6 Å². The SMILES string of the molecule is CCCCC(CC)C(=O)NCCN1CCNCC1.Cl. The third kappa shape index (κ3) is 7.75. The molecule has 114 valence electrons. The summed E-state index contributed by atoms with van der Waals surface area (Å²) in [6.45, 7) is 10.4. The molecule has 0 saturated carbocycles. The largest absolute Gasteiger partial charge is 0.355 e. The summed E-state index contributed by atoms with van der Waals surface area (Å²) in [4.78, 5) is 14.4. The fourth-order valence-corrected chi connectivity index (χ4v) is 2.39. The van der Waals surface area contributed by atoms with Crippen LogP contribution in [0.2, 0.25) is 0 Å². The molecule has 19 heavy (non-hydrogen) atoms. The van der Waals surface area contributed by atoms with Gasteiger partial charge in [-0.1, -0.05) is 26.7 Å². The number of unbranched alkanes of at least 4 members (excludes halogenated alkanes) is 1. The number of rotatable bonds is 8. The van der Waals surface area contributed by atoms with Gasteiger partial charge in [-0.15, -0.1) is 12.4 Å². The summed E-state index contributed by atoms with van der Waals surface area (Å²) in [5.41, 5.74) is 0. The smallest absolute Gasteiger partial charge is 0.223 e. The molecule has 1 atom stereocenters. The van der Waals surface area contributed by atoms with Crippen molar-refractivity contribution in [2.45, 2.75) is 39.5 Å². The molecule has 1 rings (SSSR count). The molecule has 0 aliphatic carbocycles. The maximum Gasteiger partial charge on any atom is 0.223 e. The molecule has 0 bridgehead atoms. The molecule has 1 heterocycles. The number of piperazine rings is 1. The summed E-state index contributed by atoms with van der Waals surface area (Å²) in [6.07, 6.45) is 4.32. The Kier molecular flexibility index (Phi) is 11.3. The van der Waals surface area contributed by atoms with Crippen LogP contribution in [0.1, 0.15) is 39.5 Å². The molecular formula is C14H30ClN3O. The molecule has 1 saturated heterocycles. The molecule has 1 aliphatic rings. The predicted molar refractivity (Wildman–Crippen MR) is 82.9 cm³/mol. The van der Waals surface area contributed by atoms with Crippen molar-refractivity contribution in [2.75, 3.05) is 39.3 Å². The lowest BCUT2D eigenvalue weighted by molar-refractivity contribution is -0.125. The number of carbonyl (C=O) groups is 1. The van der Waals surface area contributed by atoms with E-state index in [1.165, 1.54) is 6.42 Å². The van der Waals surface area contributed by atoms with Crippen LogP contribution in [-0.4, -0.2) is 50.1 Å². The number of hydrogen-bond acceptors (Lipinski definition) is 3. The quantitative estimate of drug-likeness (QED) is 0.715. The van der Waals surface area contributed by atoms with E-state index in [4.69, 9.17) is 0 Å². The van der Waals surface area contributed by atoms with Crippen LogP contribution in [0.3, 0.4) is 0 Å². The van der Waals surface area contributed by atoms with E-state index >= 15 is 0 Å². The van der Waals surface area contributed by atoms with Gasteiger partial charge in [-0.2, -0.15) is 0 Å². The first-order valence-electron chi connectivity index (χ1n) is 7.48. The Morgan fingerprint density at radius 1 is 1.32 bits per heavy atom. The second-order valence-electron chi connectivity index (χ2n) is 5.13. The number of nitrogens with one attached hydrogen (secondary N) is 2. The maximum absolute atomic E-state index is 12.0. The first kappa shape index (κ1) is 18.7. The Balaban J connectivity index is 0.00000324. The van der Waals surface area contributed by atoms with E-state index in [0.717, 1.165) is 58.5 Å². The molecule has 1 fully saturated rings. The Morgan fingerprint density at radius 2 is 2.00 bits per heavy atom. The lowest BCUT2D eigenvalue weighted by Gasteiger charge is -2.27. The topological polar surface area (TPSA) is 44.4 Å². The summed E-state index contributed by atoms with van der Waals surface area (Å²) >= 11 is 0. The number of carbonyl (C=O) groups excluding carboxylic acids is 1. The van der Waals surface area contributed by atoms with Crippen LogP contribution in [0.4, 0.5) is 0 Å². The van der Waals surface area contributed by atoms with Crippen molar-refractivity contribution in [2.24, 2.45) is 5.92 Å². The van der Waals surface area contributed by atoms with E-state index in [2.05, 4.69) is 29.4 Å². The van der Waals surface area contributed by atoms with E-state index in [1.807, 2.05) is 0 Å². The molecule has 1 amide bonds. The minimum absolute atomic E-state index is 0. The second-order valence-corrected chi connectivity index (χ2v) is 5.13. The highest BCUT2D eigenvalue weighted by molar-refractivity contribution is 5.85. The van der Waals surface area contributed by atoms with Gasteiger partial charge in [-0.05, 0) is 12.8 Å². The summed E-state index contributed by atoms with van der Waals surface area (Å²) in [5, 5.41) is 6.42. The molecule has 1 unspecified atom stereocenters. The van der Waals surface area contributed by atoms with Crippen molar-refractivity contribution < 1.29 is 4.79 Å². The van der Waals surface area contributed by atoms with Crippen LogP contribution < -0.4 is 10.6 Å². The summed E-state index contributed by atoms with van der Waals surface area (Å²) in [6, 6.07) is 0. The van der Waals surface area contributed by atoms with Crippen molar-refractivity contribution in [3.63, 3.8) is 0 Å². The summed E-state index contributed by atoms with van der Waals surface area (Å²) in [5.74, 6) is 0.467. The van der Waals surface area contributed by atoms with Crippen molar-refractivity contribution in [3.8, 4) is 0 Å². The van der Waals surface area contributed by atoms with Crippen molar-refractivity contribution in [1.29, 1.82) is 0 Å².